The fourth-order valence-electron chi connectivity index (χ4n) is 3.37. The molecule has 3 aromatic carbocycles. The van der Waals surface area contributed by atoms with Crippen molar-refractivity contribution in [2.75, 3.05) is 0 Å². The number of hydrogen-bond donors (Lipinski definition) is 0. The van der Waals surface area contributed by atoms with Gasteiger partial charge in [-0.25, -0.2) is 0 Å². The minimum Gasteiger partial charge on any atom is -0.426 e. The smallest absolute Gasteiger partial charge is 0.311 e. The molecule has 0 saturated carbocycles. The summed E-state index contributed by atoms with van der Waals surface area (Å²) >= 11 is 0. The monoisotopic (exact) mass is 334 g/mol. The van der Waals surface area contributed by atoms with Gasteiger partial charge in [-0.2, -0.15) is 0 Å². The molecule has 0 fully saturated rings. The molecule has 25 heavy (non-hydrogen) atoms. The summed E-state index contributed by atoms with van der Waals surface area (Å²) in [7, 11) is 0. The zero-order chi connectivity index (χ0) is 17.6. The van der Waals surface area contributed by atoms with Crippen molar-refractivity contribution in [3.8, 4) is 5.75 Å². The Labute approximate surface area is 149 Å². The summed E-state index contributed by atoms with van der Waals surface area (Å²) < 4.78 is 5.75. The lowest BCUT2D eigenvalue weighted by Gasteiger charge is -2.14. The molecule has 0 spiro atoms. The van der Waals surface area contributed by atoms with E-state index in [-0.39, 0.29) is 5.97 Å². The summed E-state index contributed by atoms with van der Waals surface area (Å²) in [6, 6.07) is 18.4. The van der Waals surface area contributed by atoms with Gasteiger partial charge in [0.15, 0.2) is 0 Å². The topological polar surface area (TPSA) is 26.3 Å². The van der Waals surface area contributed by atoms with Gasteiger partial charge in [-0.15, -0.1) is 0 Å². The van der Waals surface area contributed by atoms with Gasteiger partial charge in [0, 0.05) is 11.8 Å². The minimum atomic E-state index is -0.122. The molecule has 2 heteroatoms. The van der Waals surface area contributed by atoms with Crippen LogP contribution in [0.1, 0.15) is 46.0 Å². The first-order chi connectivity index (χ1) is 12.2. The Kier molecular flexibility index (Phi) is 5.70. The van der Waals surface area contributed by atoms with Gasteiger partial charge in [-0.05, 0) is 46.7 Å². The first kappa shape index (κ1) is 17.5. The highest BCUT2D eigenvalue weighted by Crippen LogP contribution is 2.30. The van der Waals surface area contributed by atoms with Crippen LogP contribution in [0.3, 0.4) is 0 Å². The Balaban J connectivity index is 1.83. The van der Waals surface area contributed by atoms with Gasteiger partial charge < -0.3 is 4.74 Å². The van der Waals surface area contributed by atoms with Crippen molar-refractivity contribution in [3.63, 3.8) is 0 Å². The first-order valence-electron chi connectivity index (χ1n) is 9.33. The van der Waals surface area contributed by atoms with Crippen molar-refractivity contribution >= 4 is 27.5 Å². The second kappa shape index (κ2) is 8.15. The van der Waals surface area contributed by atoms with E-state index in [9.17, 15) is 4.79 Å². The zero-order valence-electron chi connectivity index (χ0n) is 15.1. The highest BCUT2D eigenvalue weighted by molar-refractivity contribution is 6.01. The molecule has 1 unspecified atom stereocenters. The van der Waals surface area contributed by atoms with Crippen LogP contribution < -0.4 is 4.74 Å². The third-order valence-corrected chi connectivity index (χ3v) is 4.93. The molecule has 1 atom stereocenters. The number of rotatable bonds is 7. The SMILES string of the molecule is CCCCC(CC)CC(=O)Oc1cccc2cc3ccccc3cc12. The number of ether oxygens (including phenoxy) is 1. The lowest BCUT2D eigenvalue weighted by Crippen LogP contribution is -2.14. The van der Waals surface area contributed by atoms with Crippen LogP contribution in [0.15, 0.2) is 54.6 Å². The molecule has 3 rings (SSSR count). The van der Waals surface area contributed by atoms with E-state index in [0.717, 1.165) is 29.0 Å². The fraction of sp³-hybridized carbons (Fsp3) is 0.348. The van der Waals surface area contributed by atoms with Gasteiger partial charge >= 0.3 is 5.97 Å². The summed E-state index contributed by atoms with van der Waals surface area (Å²) in [4.78, 5) is 12.4. The number of carbonyl (C=O) groups excluding carboxylic acids is 1. The van der Waals surface area contributed by atoms with Crippen LogP contribution in [0.25, 0.3) is 21.5 Å². The summed E-state index contributed by atoms with van der Waals surface area (Å²) in [5.41, 5.74) is 0. The second-order valence-electron chi connectivity index (χ2n) is 6.77. The van der Waals surface area contributed by atoms with Gasteiger partial charge in [-0.1, -0.05) is 69.5 Å². The second-order valence-corrected chi connectivity index (χ2v) is 6.77. The number of esters is 1. The summed E-state index contributed by atoms with van der Waals surface area (Å²) in [6.45, 7) is 4.34. The Hall–Kier alpha value is -2.35. The average Bonchev–Trinajstić information content (AvgIpc) is 2.63. The number of hydrogen-bond acceptors (Lipinski definition) is 2. The predicted octanol–water partition coefficient (Wildman–Crippen LogP) is 6.50. The Morgan fingerprint density at radius 3 is 2.40 bits per heavy atom. The van der Waals surface area contributed by atoms with E-state index in [0.29, 0.717) is 18.1 Å². The van der Waals surface area contributed by atoms with Crippen LogP contribution in [0.4, 0.5) is 0 Å². The van der Waals surface area contributed by atoms with Gasteiger partial charge in [0.1, 0.15) is 5.75 Å². The Bertz CT molecular complexity index is 866. The molecule has 3 aromatic rings. The van der Waals surface area contributed by atoms with Gasteiger partial charge in [-0.3, -0.25) is 4.79 Å². The maximum absolute atomic E-state index is 12.4. The van der Waals surface area contributed by atoms with E-state index >= 15 is 0 Å². The zero-order valence-corrected chi connectivity index (χ0v) is 15.1. The van der Waals surface area contributed by atoms with Crippen LogP contribution in [0.5, 0.6) is 5.75 Å². The lowest BCUT2D eigenvalue weighted by molar-refractivity contribution is -0.135. The van der Waals surface area contributed by atoms with Crippen LogP contribution >= 0.6 is 0 Å². The Morgan fingerprint density at radius 1 is 0.960 bits per heavy atom. The minimum absolute atomic E-state index is 0.122. The highest BCUT2D eigenvalue weighted by atomic mass is 16.5. The molecule has 0 radical (unpaired) electrons. The van der Waals surface area contributed by atoms with Crippen LogP contribution in [-0.4, -0.2) is 5.97 Å². The quantitative estimate of drug-likeness (QED) is 0.280. The third kappa shape index (κ3) is 4.19. The Morgan fingerprint density at radius 2 is 1.68 bits per heavy atom. The van der Waals surface area contributed by atoms with Gasteiger partial charge in [0.05, 0.1) is 0 Å². The van der Waals surface area contributed by atoms with E-state index in [1.165, 1.54) is 18.2 Å². The van der Waals surface area contributed by atoms with E-state index in [1.807, 2.05) is 24.3 Å². The molecule has 0 aliphatic heterocycles. The number of benzene rings is 3. The first-order valence-corrected chi connectivity index (χ1v) is 9.33. The molecule has 2 nitrogen and oxygen atoms in total. The van der Waals surface area contributed by atoms with Crippen molar-refractivity contribution in [1.82, 2.24) is 0 Å². The number of carbonyl (C=O) groups is 1. The van der Waals surface area contributed by atoms with Crippen LogP contribution in [-0.2, 0) is 4.79 Å². The number of fused-ring (bicyclic) bond motifs is 2. The van der Waals surface area contributed by atoms with Crippen molar-refractivity contribution in [3.05, 3.63) is 54.6 Å². The molecule has 0 amide bonds. The molecule has 130 valence electrons. The van der Waals surface area contributed by atoms with Crippen molar-refractivity contribution < 1.29 is 9.53 Å². The van der Waals surface area contributed by atoms with E-state index in [1.54, 1.807) is 0 Å². The normalized spacial score (nSPS) is 12.4. The third-order valence-electron chi connectivity index (χ3n) is 4.93. The summed E-state index contributed by atoms with van der Waals surface area (Å²) in [5, 5.41) is 4.45. The predicted molar refractivity (Wildman–Crippen MR) is 105 cm³/mol. The molecule has 0 aromatic heterocycles. The van der Waals surface area contributed by atoms with Crippen molar-refractivity contribution in [2.45, 2.75) is 46.0 Å². The van der Waals surface area contributed by atoms with Crippen molar-refractivity contribution in [2.24, 2.45) is 5.92 Å². The van der Waals surface area contributed by atoms with Crippen LogP contribution in [0, 0.1) is 5.92 Å². The average molecular weight is 334 g/mol. The lowest BCUT2D eigenvalue weighted by atomic mass is 9.96. The molecule has 0 N–H and O–H groups in total. The van der Waals surface area contributed by atoms with E-state index in [2.05, 4.69) is 44.2 Å². The number of unbranched alkanes of at least 4 members (excludes halogenated alkanes) is 1. The summed E-state index contributed by atoms with van der Waals surface area (Å²) in [5.74, 6) is 0.963. The summed E-state index contributed by atoms with van der Waals surface area (Å²) in [6.07, 6.45) is 4.96. The van der Waals surface area contributed by atoms with Gasteiger partial charge in [0.25, 0.3) is 0 Å². The maximum atomic E-state index is 12.4. The van der Waals surface area contributed by atoms with E-state index in [4.69, 9.17) is 4.74 Å². The molecule has 0 aliphatic carbocycles. The fourth-order valence-corrected chi connectivity index (χ4v) is 3.37. The molecule has 0 saturated heterocycles. The van der Waals surface area contributed by atoms with Gasteiger partial charge in [0.2, 0.25) is 0 Å². The van der Waals surface area contributed by atoms with E-state index < -0.39 is 0 Å². The van der Waals surface area contributed by atoms with Crippen LogP contribution in [0.2, 0.25) is 0 Å². The molecular weight excluding hydrogens is 308 g/mol. The standard InChI is InChI=1S/C23H26O2/c1-3-5-9-17(4-2)14-23(24)25-22-13-8-12-20-15-18-10-6-7-11-19(18)16-21(20)22/h6-8,10-13,15-17H,3-5,9,14H2,1-2H3. The molecular formula is C23H26O2. The molecule has 0 heterocycles. The largest absolute Gasteiger partial charge is 0.426 e. The highest BCUT2D eigenvalue weighted by Gasteiger charge is 2.15. The van der Waals surface area contributed by atoms with Crippen molar-refractivity contribution in [1.29, 1.82) is 0 Å². The molecule has 0 aliphatic rings. The molecule has 0 bridgehead atoms. The maximum Gasteiger partial charge on any atom is 0.311 e.